The molecule has 0 saturated heterocycles. The summed E-state index contributed by atoms with van der Waals surface area (Å²) in [6.07, 6.45) is 0. The second kappa shape index (κ2) is 2.59. The molecule has 0 aromatic rings. The highest BCUT2D eigenvalue weighted by Gasteiger charge is 1.98. The van der Waals surface area contributed by atoms with Crippen LogP contribution in [0.5, 0.6) is 0 Å². The molecule has 0 aromatic carbocycles. The summed E-state index contributed by atoms with van der Waals surface area (Å²) in [5, 5.41) is 0. The maximum absolute atomic E-state index is 11.4. The van der Waals surface area contributed by atoms with E-state index in [1.54, 1.807) is 0 Å². The molecule has 0 fully saturated rings. The zero-order chi connectivity index (χ0) is 5.15. The molecule has 0 nitrogen and oxygen atoms in total. The zero-order valence-electron chi connectivity index (χ0n) is 2.92. The van der Waals surface area contributed by atoms with Crippen LogP contribution in [0.15, 0.2) is 11.1 Å². The van der Waals surface area contributed by atoms with Crippen molar-refractivity contribution in [2.45, 2.75) is 5.63 Å². The van der Waals surface area contributed by atoms with Gasteiger partial charge in [-0.25, -0.2) is 4.39 Å². The molecule has 1 unspecified atom stereocenters. The number of hydrogen-bond donors (Lipinski definition) is 0. The van der Waals surface area contributed by atoms with Crippen molar-refractivity contribution in [3.63, 3.8) is 0 Å². The Bertz CT molecular complexity index is 61.8. The summed E-state index contributed by atoms with van der Waals surface area (Å²) in [6.45, 7) is 3.16. The number of allylic oxidation sites excluding steroid dienone is 1. The van der Waals surface area contributed by atoms with Gasteiger partial charge in [-0.2, -0.15) is 0 Å². The Kier molecular flexibility index (Phi) is 2.78. The fourth-order valence-corrected chi connectivity index (χ4v) is 0. The average molecular weight is 173 g/mol. The molecule has 6 heavy (non-hydrogen) atoms. The molecule has 1 atom stereocenters. The summed E-state index contributed by atoms with van der Waals surface area (Å²) in [4.78, 5) is 0. The number of hydrogen-bond acceptors (Lipinski definition) is 0. The van der Waals surface area contributed by atoms with Crippen molar-refractivity contribution in [3.05, 3.63) is 11.1 Å². The Morgan fingerprint density at radius 1 is 2.00 bits per heavy atom. The molecule has 0 saturated carbocycles. The molecular weight excluding hydrogens is 170 g/mol. The molecule has 0 rings (SSSR count). The largest absolute Gasteiger partial charge is 0.224 e. The molecule has 0 N–H and O–H groups in total. The highest BCUT2D eigenvalue weighted by molar-refractivity contribution is 9.11. The fraction of sp³-hybridized carbons (Fsp3) is 0.333. The lowest BCUT2D eigenvalue weighted by Crippen LogP contribution is -1.81. The first kappa shape index (κ1) is 6.44. The number of rotatable bonds is 1. The molecule has 0 amide bonds. The van der Waals surface area contributed by atoms with Gasteiger partial charge in [0, 0.05) is 4.48 Å². The van der Waals surface area contributed by atoms with Crippen LogP contribution in [-0.4, -0.2) is 5.63 Å². The third kappa shape index (κ3) is 2.67. The maximum atomic E-state index is 11.4. The molecule has 3 heteroatoms. The van der Waals surface area contributed by atoms with Gasteiger partial charge in [-0.15, -0.1) is 0 Å². The van der Waals surface area contributed by atoms with E-state index < -0.39 is 5.63 Å². The predicted molar refractivity (Wildman–Crippen MR) is 28.8 cm³/mol. The van der Waals surface area contributed by atoms with E-state index in [2.05, 4.69) is 22.5 Å². The van der Waals surface area contributed by atoms with Gasteiger partial charge in [0.15, 0.2) is 0 Å². The van der Waals surface area contributed by atoms with Crippen molar-refractivity contribution in [2.75, 3.05) is 0 Å². The molecule has 0 aliphatic carbocycles. The van der Waals surface area contributed by atoms with E-state index in [0.29, 0.717) is 0 Å². The lowest BCUT2D eigenvalue weighted by atomic mass is 10.7. The Hall–Kier alpha value is 0.440. The van der Waals surface area contributed by atoms with E-state index in [1.165, 1.54) is 0 Å². The predicted octanol–water partition coefficient (Wildman–Crippen LogP) is 2.43. The lowest BCUT2D eigenvalue weighted by molar-refractivity contribution is 0.509. The van der Waals surface area contributed by atoms with E-state index in [-0.39, 0.29) is 4.48 Å². The Labute approximate surface area is 49.1 Å². The normalized spacial score (nSPS) is 13.8. The van der Waals surface area contributed by atoms with Gasteiger partial charge < -0.3 is 0 Å². The second-order valence-corrected chi connectivity index (χ2v) is 2.15. The lowest BCUT2D eigenvalue weighted by Gasteiger charge is -1.88. The SMILES string of the molecule is C=C(Br)C(F)Cl. The van der Waals surface area contributed by atoms with Crippen molar-refractivity contribution in [1.29, 1.82) is 0 Å². The first-order valence-electron chi connectivity index (χ1n) is 1.27. The topological polar surface area (TPSA) is 0 Å². The van der Waals surface area contributed by atoms with Crippen LogP contribution in [0.25, 0.3) is 0 Å². The van der Waals surface area contributed by atoms with Crippen LogP contribution in [-0.2, 0) is 0 Å². The van der Waals surface area contributed by atoms with Crippen LogP contribution in [0.2, 0.25) is 0 Å². The van der Waals surface area contributed by atoms with Gasteiger partial charge in [-0.1, -0.05) is 34.1 Å². The average Bonchev–Trinajstić information content (AvgIpc) is 1.36. The summed E-state index contributed by atoms with van der Waals surface area (Å²) in [7, 11) is 0. The summed E-state index contributed by atoms with van der Waals surface area (Å²) in [5.41, 5.74) is -1.45. The van der Waals surface area contributed by atoms with Crippen LogP contribution >= 0.6 is 27.5 Å². The zero-order valence-corrected chi connectivity index (χ0v) is 5.26. The van der Waals surface area contributed by atoms with Crippen LogP contribution < -0.4 is 0 Å². The standard InChI is InChI=1S/C3H3BrClF/c1-2(4)3(5)6/h3H,1H2. The van der Waals surface area contributed by atoms with Crippen LogP contribution in [0.3, 0.4) is 0 Å². The minimum absolute atomic E-state index is 0.171. The van der Waals surface area contributed by atoms with Gasteiger partial charge in [0.1, 0.15) is 0 Å². The van der Waals surface area contributed by atoms with Gasteiger partial charge >= 0.3 is 0 Å². The van der Waals surface area contributed by atoms with Crippen molar-refractivity contribution in [2.24, 2.45) is 0 Å². The van der Waals surface area contributed by atoms with Crippen LogP contribution in [0.1, 0.15) is 0 Å². The molecule has 0 bridgehead atoms. The molecular formula is C3H3BrClF. The molecule has 0 spiro atoms. The summed E-state index contributed by atoms with van der Waals surface area (Å²) in [5.74, 6) is 0. The van der Waals surface area contributed by atoms with Crippen molar-refractivity contribution < 1.29 is 4.39 Å². The van der Waals surface area contributed by atoms with Crippen LogP contribution in [0, 0.1) is 0 Å². The summed E-state index contributed by atoms with van der Waals surface area (Å²) >= 11 is 7.54. The first-order chi connectivity index (χ1) is 2.64. The molecule has 0 aromatic heterocycles. The molecule has 0 aliphatic heterocycles. The maximum Gasteiger partial charge on any atom is 0.204 e. The minimum atomic E-state index is -1.45. The van der Waals surface area contributed by atoms with E-state index in [4.69, 9.17) is 11.6 Å². The highest BCUT2D eigenvalue weighted by atomic mass is 79.9. The van der Waals surface area contributed by atoms with Gasteiger partial charge in [0.2, 0.25) is 5.63 Å². The van der Waals surface area contributed by atoms with E-state index in [9.17, 15) is 4.39 Å². The minimum Gasteiger partial charge on any atom is -0.224 e. The Balaban J connectivity index is 3.26. The summed E-state index contributed by atoms with van der Waals surface area (Å²) in [6, 6.07) is 0. The van der Waals surface area contributed by atoms with Gasteiger partial charge in [0.25, 0.3) is 0 Å². The number of halogens is 3. The van der Waals surface area contributed by atoms with Crippen LogP contribution in [0.4, 0.5) is 4.39 Å². The van der Waals surface area contributed by atoms with Crippen molar-refractivity contribution in [1.82, 2.24) is 0 Å². The first-order valence-corrected chi connectivity index (χ1v) is 2.50. The van der Waals surface area contributed by atoms with Gasteiger partial charge in [-0.05, 0) is 0 Å². The highest BCUT2D eigenvalue weighted by Crippen LogP contribution is 2.13. The third-order valence-corrected chi connectivity index (χ3v) is 1.17. The van der Waals surface area contributed by atoms with E-state index >= 15 is 0 Å². The number of alkyl halides is 2. The van der Waals surface area contributed by atoms with Gasteiger partial charge in [0.05, 0.1) is 0 Å². The van der Waals surface area contributed by atoms with Crippen molar-refractivity contribution in [3.8, 4) is 0 Å². The quantitative estimate of drug-likeness (QED) is 0.534. The third-order valence-electron chi connectivity index (χ3n) is 0.237. The van der Waals surface area contributed by atoms with Crippen molar-refractivity contribution >= 4 is 27.5 Å². The molecule has 0 heterocycles. The summed E-state index contributed by atoms with van der Waals surface area (Å²) < 4.78 is 11.6. The van der Waals surface area contributed by atoms with Gasteiger partial charge in [-0.3, -0.25) is 0 Å². The Morgan fingerprint density at radius 3 is 2.17 bits per heavy atom. The van der Waals surface area contributed by atoms with E-state index in [1.807, 2.05) is 0 Å². The monoisotopic (exact) mass is 172 g/mol. The molecule has 0 aliphatic rings. The Morgan fingerprint density at radius 2 is 2.17 bits per heavy atom. The fourth-order valence-electron chi connectivity index (χ4n) is 0. The molecule has 36 valence electrons. The smallest absolute Gasteiger partial charge is 0.204 e. The second-order valence-electron chi connectivity index (χ2n) is 0.748. The molecule has 0 radical (unpaired) electrons. The van der Waals surface area contributed by atoms with E-state index in [0.717, 1.165) is 0 Å².